The van der Waals surface area contributed by atoms with Gasteiger partial charge in [0.15, 0.2) is 0 Å². The molecule has 0 spiro atoms. The largest absolute Gasteiger partial charge is 0.388 e. The molecule has 0 bridgehead atoms. The van der Waals surface area contributed by atoms with Crippen molar-refractivity contribution in [3.8, 4) is 0 Å². The molecule has 3 nitrogen and oxygen atoms in total. The number of nitrogens with one attached hydrogen (secondary N) is 1. The van der Waals surface area contributed by atoms with E-state index in [0.29, 0.717) is 5.33 Å². The van der Waals surface area contributed by atoms with Crippen LogP contribution in [0.1, 0.15) is 11.7 Å². The van der Waals surface area contributed by atoms with E-state index in [1.807, 2.05) is 12.1 Å². The number of benzene rings is 1. The molecule has 2 N–H and O–H groups in total. The fraction of sp³-hybridized carbons (Fsp3) is 0.222. The van der Waals surface area contributed by atoms with Crippen LogP contribution in [0.25, 0.3) is 11.0 Å². The SMILES string of the molecule is OC(CBr)c1cc(Br)c2nc[nH]c2c1. The molecule has 1 aromatic carbocycles. The molecule has 0 fully saturated rings. The third kappa shape index (κ3) is 1.71. The van der Waals surface area contributed by atoms with Gasteiger partial charge in [0, 0.05) is 9.80 Å². The molecule has 0 saturated carbocycles. The van der Waals surface area contributed by atoms with Crippen LogP contribution in [0, 0.1) is 0 Å². The van der Waals surface area contributed by atoms with E-state index in [1.54, 1.807) is 6.33 Å². The van der Waals surface area contributed by atoms with Crippen molar-refractivity contribution in [1.82, 2.24) is 9.97 Å². The lowest BCUT2D eigenvalue weighted by Crippen LogP contribution is -1.98. The van der Waals surface area contributed by atoms with E-state index in [1.165, 1.54) is 0 Å². The van der Waals surface area contributed by atoms with Crippen LogP contribution in [0.4, 0.5) is 0 Å². The highest BCUT2D eigenvalue weighted by atomic mass is 79.9. The van der Waals surface area contributed by atoms with Crippen LogP contribution in [-0.2, 0) is 0 Å². The zero-order chi connectivity index (χ0) is 10.1. The quantitative estimate of drug-likeness (QED) is 0.836. The number of aliphatic hydroxyl groups is 1. The zero-order valence-electron chi connectivity index (χ0n) is 7.17. The van der Waals surface area contributed by atoms with Crippen LogP contribution < -0.4 is 0 Å². The van der Waals surface area contributed by atoms with Gasteiger partial charge in [-0.3, -0.25) is 0 Å². The standard InChI is InChI=1S/C9H8Br2N2O/c10-3-8(14)5-1-6(11)9-7(2-5)12-4-13-9/h1-2,4,8,14H,3H2,(H,12,13). The van der Waals surface area contributed by atoms with Crippen molar-refractivity contribution in [1.29, 1.82) is 0 Å². The van der Waals surface area contributed by atoms with E-state index in [0.717, 1.165) is 21.1 Å². The molecule has 1 atom stereocenters. The number of hydrogen-bond acceptors (Lipinski definition) is 2. The van der Waals surface area contributed by atoms with E-state index < -0.39 is 6.10 Å². The Bertz CT molecular complexity index is 455. The summed E-state index contributed by atoms with van der Waals surface area (Å²) >= 11 is 6.66. The number of nitrogens with zero attached hydrogens (tertiary/aromatic N) is 1. The molecule has 0 aliphatic rings. The Labute approximate surface area is 97.8 Å². The summed E-state index contributed by atoms with van der Waals surface area (Å²) in [4.78, 5) is 7.16. The van der Waals surface area contributed by atoms with Crippen molar-refractivity contribution >= 4 is 42.9 Å². The average Bonchev–Trinajstić information content (AvgIpc) is 2.64. The van der Waals surface area contributed by atoms with Gasteiger partial charge in [-0.15, -0.1) is 0 Å². The van der Waals surface area contributed by atoms with Crippen LogP contribution in [-0.4, -0.2) is 20.4 Å². The van der Waals surface area contributed by atoms with Gasteiger partial charge in [0.25, 0.3) is 0 Å². The smallest absolute Gasteiger partial charge is 0.102 e. The molecule has 74 valence electrons. The van der Waals surface area contributed by atoms with Crippen molar-refractivity contribution in [2.45, 2.75) is 6.10 Å². The normalized spacial score (nSPS) is 13.4. The Kier molecular flexibility index (Phi) is 2.90. The maximum absolute atomic E-state index is 9.65. The summed E-state index contributed by atoms with van der Waals surface area (Å²) in [6.45, 7) is 0. The molecule has 2 aromatic rings. The summed E-state index contributed by atoms with van der Waals surface area (Å²) in [7, 11) is 0. The summed E-state index contributed by atoms with van der Waals surface area (Å²) in [5, 5.41) is 10.2. The second-order valence-corrected chi connectivity index (χ2v) is 4.47. The van der Waals surface area contributed by atoms with Gasteiger partial charge in [0.2, 0.25) is 0 Å². The lowest BCUT2D eigenvalue weighted by atomic mass is 10.1. The fourth-order valence-electron chi connectivity index (χ4n) is 1.31. The second kappa shape index (κ2) is 4.00. The molecule has 1 aromatic heterocycles. The fourth-order valence-corrected chi connectivity index (χ4v) is 2.26. The summed E-state index contributed by atoms with van der Waals surface area (Å²) in [5.74, 6) is 0. The van der Waals surface area contributed by atoms with Crippen molar-refractivity contribution < 1.29 is 5.11 Å². The Balaban J connectivity index is 2.58. The van der Waals surface area contributed by atoms with Crippen molar-refractivity contribution in [3.63, 3.8) is 0 Å². The molecule has 0 amide bonds. The maximum Gasteiger partial charge on any atom is 0.102 e. The number of H-pyrrole nitrogens is 1. The number of aromatic amines is 1. The molecule has 5 heteroatoms. The monoisotopic (exact) mass is 318 g/mol. The van der Waals surface area contributed by atoms with E-state index in [9.17, 15) is 5.11 Å². The number of hydrogen-bond donors (Lipinski definition) is 2. The topological polar surface area (TPSA) is 48.9 Å². The molecular formula is C9H8Br2N2O. The summed E-state index contributed by atoms with van der Waals surface area (Å²) in [5.41, 5.74) is 2.68. The number of alkyl halides is 1. The highest BCUT2D eigenvalue weighted by Gasteiger charge is 2.10. The van der Waals surface area contributed by atoms with Crippen LogP contribution in [0.5, 0.6) is 0 Å². The summed E-state index contributed by atoms with van der Waals surface area (Å²) < 4.78 is 0.895. The minimum Gasteiger partial charge on any atom is -0.388 e. The van der Waals surface area contributed by atoms with Gasteiger partial charge in [-0.1, -0.05) is 15.9 Å². The number of aliphatic hydroxyl groups excluding tert-OH is 1. The molecule has 0 aliphatic carbocycles. The molecule has 0 saturated heterocycles. The molecule has 0 radical (unpaired) electrons. The van der Waals surface area contributed by atoms with Gasteiger partial charge in [0.1, 0.15) is 5.52 Å². The summed E-state index contributed by atoms with van der Waals surface area (Å²) in [6.07, 6.45) is 1.15. The highest BCUT2D eigenvalue weighted by Crippen LogP contribution is 2.26. The molecule has 1 heterocycles. The number of aromatic nitrogens is 2. The first-order valence-electron chi connectivity index (χ1n) is 4.09. The molecule has 1 unspecified atom stereocenters. The average molecular weight is 320 g/mol. The van der Waals surface area contributed by atoms with Gasteiger partial charge in [-0.2, -0.15) is 0 Å². The van der Waals surface area contributed by atoms with E-state index in [4.69, 9.17) is 0 Å². The predicted octanol–water partition coefficient (Wildman–Crippen LogP) is 2.75. The van der Waals surface area contributed by atoms with Crippen molar-refractivity contribution in [2.75, 3.05) is 5.33 Å². The Morgan fingerprint density at radius 3 is 3.00 bits per heavy atom. The van der Waals surface area contributed by atoms with Crippen LogP contribution >= 0.6 is 31.9 Å². The minimum absolute atomic E-state index is 0.487. The number of rotatable bonds is 2. The van der Waals surface area contributed by atoms with Gasteiger partial charge < -0.3 is 10.1 Å². The number of imidazole rings is 1. The summed E-state index contributed by atoms with van der Waals surface area (Å²) in [6, 6.07) is 3.79. The first-order valence-corrected chi connectivity index (χ1v) is 6.00. The first-order chi connectivity index (χ1) is 6.72. The van der Waals surface area contributed by atoms with Gasteiger partial charge in [-0.05, 0) is 33.6 Å². The van der Waals surface area contributed by atoms with Crippen LogP contribution in [0.2, 0.25) is 0 Å². The lowest BCUT2D eigenvalue weighted by Gasteiger charge is -2.07. The van der Waals surface area contributed by atoms with Gasteiger partial charge in [0.05, 0.1) is 17.9 Å². The maximum atomic E-state index is 9.65. The van der Waals surface area contributed by atoms with Gasteiger partial charge >= 0.3 is 0 Å². The number of fused-ring (bicyclic) bond motifs is 1. The van der Waals surface area contributed by atoms with Gasteiger partial charge in [-0.25, -0.2) is 4.98 Å². The predicted molar refractivity (Wildman–Crippen MR) is 62.5 cm³/mol. The number of halogens is 2. The Morgan fingerprint density at radius 1 is 1.50 bits per heavy atom. The third-order valence-electron chi connectivity index (χ3n) is 2.03. The van der Waals surface area contributed by atoms with Crippen LogP contribution in [0.15, 0.2) is 22.9 Å². The second-order valence-electron chi connectivity index (χ2n) is 2.97. The lowest BCUT2D eigenvalue weighted by molar-refractivity contribution is 0.205. The minimum atomic E-state index is -0.487. The first kappa shape index (κ1) is 10.1. The highest BCUT2D eigenvalue weighted by molar-refractivity contribution is 9.10. The zero-order valence-corrected chi connectivity index (χ0v) is 10.3. The Morgan fingerprint density at radius 2 is 2.29 bits per heavy atom. The van der Waals surface area contributed by atoms with E-state index in [-0.39, 0.29) is 0 Å². The molecule has 2 rings (SSSR count). The molecular weight excluding hydrogens is 312 g/mol. The van der Waals surface area contributed by atoms with E-state index in [2.05, 4.69) is 41.8 Å². The van der Waals surface area contributed by atoms with Crippen molar-refractivity contribution in [3.05, 3.63) is 28.5 Å². The van der Waals surface area contributed by atoms with E-state index >= 15 is 0 Å². The van der Waals surface area contributed by atoms with Crippen molar-refractivity contribution in [2.24, 2.45) is 0 Å². The third-order valence-corrected chi connectivity index (χ3v) is 3.25. The molecule has 14 heavy (non-hydrogen) atoms. The Hall–Kier alpha value is -0.390. The molecule has 0 aliphatic heterocycles. The van der Waals surface area contributed by atoms with Crippen LogP contribution in [0.3, 0.4) is 0 Å².